The lowest BCUT2D eigenvalue weighted by Gasteiger charge is -2.10. The Morgan fingerprint density at radius 2 is 1.85 bits per heavy atom. The normalized spacial score (nSPS) is 11.3. The number of aliphatic carboxylic acids is 1. The molecular weight excluding hydrogens is 280 g/mol. The number of carboxylic acid groups (broad SMARTS) is 1. The maximum absolute atomic E-state index is 12.1. The molecule has 0 amide bonds. The van der Waals surface area contributed by atoms with Crippen molar-refractivity contribution in [2.45, 2.75) is 38.0 Å². The highest BCUT2D eigenvalue weighted by molar-refractivity contribution is 7.91. The van der Waals surface area contributed by atoms with E-state index in [1.165, 1.54) is 12.1 Å². The molecular formula is C14H18O5S. The van der Waals surface area contributed by atoms with Gasteiger partial charge in [-0.2, -0.15) is 0 Å². The van der Waals surface area contributed by atoms with Gasteiger partial charge in [0.05, 0.1) is 17.1 Å². The van der Waals surface area contributed by atoms with Crippen LogP contribution in [0.3, 0.4) is 0 Å². The first-order valence-electron chi connectivity index (χ1n) is 6.36. The van der Waals surface area contributed by atoms with Crippen LogP contribution in [0.4, 0.5) is 0 Å². The molecule has 0 aliphatic heterocycles. The van der Waals surface area contributed by atoms with Crippen molar-refractivity contribution in [2.75, 3.05) is 5.75 Å². The molecule has 0 saturated carbocycles. The van der Waals surface area contributed by atoms with Gasteiger partial charge in [-0.25, -0.2) is 8.42 Å². The third-order valence-electron chi connectivity index (χ3n) is 2.81. The number of hydrogen-bond acceptors (Lipinski definition) is 4. The highest BCUT2D eigenvalue weighted by atomic mass is 32.2. The number of hydrogen-bond donors (Lipinski definition) is 1. The molecule has 0 aliphatic rings. The van der Waals surface area contributed by atoms with Crippen molar-refractivity contribution in [2.24, 2.45) is 0 Å². The summed E-state index contributed by atoms with van der Waals surface area (Å²) in [5, 5.41) is 8.61. The number of benzene rings is 1. The third-order valence-corrected chi connectivity index (χ3v) is 4.78. The Kier molecular flexibility index (Phi) is 5.44. The van der Waals surface area contributed by atoms with E-state index in [0.29, 0.717) is 6.42 Å². The molecule has 0 aliphatic carbocycles. The second-order valence-corrected chi connectivity index (χ2v) is 6.71. The van der Waals surface area contributed by atoms with E-state index in [0.717, 1.165) is 5.56 Å². The van der Waals surface area contributed by atoms with E-state index in [2.05, 4.69) is 0 Å². The van der Waals surface area contributed by atoms with Gasteiger partial charge in [-0.05, 0) is 25.5 Å². The van der Waals surface area contributed by atoms with Gasteiger partial charge in [-0.3, -0.25) is 9.59 Å². The fraction of sp³-hybridized carbons (Fsp3) is 0.429. The average molecular weight is 298 g/mol. The van der Waals surface area contributed by atoms with Gasteiger partial charge in [0.2, 0.25) is 0 Å². The van der Waals surface area contributed by atoms with Crippen molar-refractivity contribution in [3.8, 4) is 0 Å². The zero-order valence-corrected chi connectivity index (χ0v) is 12.4. The van der Waals surface area contributed by atoms with Crippen LogP contribution in [0.2, 0.25) is 0 Å². The third kappa shape index (κ3) is 4.16. The monoisotopic (exact) mass is 298 g/mol. The van der Waals surface area contributed by atoms with Crippen LogP contribution in [0.5, 0.6) is 0 Å². The number of sulfone groups is 1. The Morgan fingerprint density at radius 1 is 1.20 bits per heavy atom. The smallest absolute Gasteiger partial charge is 0.303 e. The number of carboxylic acids is 1. The molecule has 1 N–H and O–H groups in total. The van der Waals surface area contributed by atoms with Crippen molar-refractivity contribution in [1.82, 2.24) is 0 Å². The van der Waals surface area contributed by atoms with Gasteiger partial charge in [0, 0.05) is 12.0 Å². The van der Waals surface area contributed by atoms with Gasteiger partial charge in [0.25, 0.3) is 0 Å². The number of ketones is 1. The molecule has 0 bridgehead atoms. The number of carbonyl (C=O) groups is 2. The maximum Gasteiger partial charge on any atom is 0.303 e. The summed E-state index contributed by atoms with van der Waals surface area (Å²) in [4.78, 5) is 22.6. The topological polar surface area (TPSA) is 88.5 Å². The second kappa shape index (κ2) is 6.65. The Balaban J connectivity index is 3.21. The lowest BCUT2D eigenvalue weighted by atomic mass is 10.0. The molecule has 0 heterocycles. The standard InChI is InChI=1S/C14H18O5S/c1-3-8-20(18,19)13-6-4-10(2)9-11(13)12(15)5-7-14(16)17/h4,6,9H,3,5,7-8H2,1-2H3,(H,16,17). The van der Waals surface area contributed by atoms with Crippen LogP contribution in [0.15, 0.2) is 23.1 Å². The molecule has 5 nitrogen and oxygen atoms in total. The SMILES string of the molecule is CCCS(=O)(=O)c1ccc(C)cc1C(=O)CCC(=O)O. The number of rotatable bonds is 7. The summed E-state index contributed by atoms with van der Waals surface area (Å²) < 4.78 is 24.3. The largest absolute Gasteiger partial charge is 0.481 e. The van der Waals surface area contributed by atoms with E-state index in [4.69, 9.17) is 5.11 Å². The molecule has 0 spiro atoms. The predicted molar refractivity (Wildman–Crippen MR) is 74.7 cm³/mol. The Bertz CT molecular complexity index is 616. The van der Waals surface area contributed by atoms with E-state index in [9.17, 15) is 18.0 Å². The fourth-order valence-electron chi connectivity index (χ4n) is 1.87. The molecule has 6 heteroatoms. The first-order chi connectivity index (χ1) is 9.27. The Hall–Kier alpha value is -1.69. The summed E-state index contributed by atoms with van der Waals surface area (Å²) in [6.45, 7) is 3.50. The minimum absolute atomic E-state index is 0.000314. The highest BCUT2D eigenvalue weighted by Gasteiger charge is 2.22. The molecule has 0 radical (unpaired) electrons. The number of aryl methyl sites for hydroxylation is 1. The molecule has 0 aromatic heterocycles. The van der Waals surface area contributed by atoms with E-state index in [1.807, 2.05) is 0 Å². The van der Waals surface area contributed by atoms with Gasteiger partial charge in [-0.15, -0.1) is 0 Å². The van der Waals surface area contributed by atoms with Gasteiger partial charge in [0.1, 0.15) is 0 Å². The van der Waals surface area contributed by atoms with Gasteiger partial charge in [0.15, 0.2) is 15.6 Å². The molecule has 1 rings (SSSR count). The van der Waals surface area contributed by atoms with Crippen molar-refractivity contribution >= 4 is 21.6 Å². The summed E-state index contributed by atoms with van der Waals surface area (Å²) in [5.74, 6) is -1.57. The van der Waals surface area contributed by atoms with Crippen LogP contribution in [0, 0.1) is 6.92 Å². The average Bonchev–Trinajstić information content (AvgIpc) is 2.35. The molecule has 110 valence electrons. The first-order valence-corrected chi connectivity index (χ1v) is 8.01. The zero-order chi connectivity index (χ0) is 15.3. The van der Waals surface area contributed by atoms with Crippen molar-refractivity contribution in [3.63, 3.8) is 0 Å². The summed E-state index contributed by atoms with van der Waals surface area (Å²) in [6.07, 6.45) is -0.0492. The van der Waals surface area contributed by atoms with Crippen LogP contribution in [-0.2, 0) is 14.6 Å². The molecule has 1 aromatic carbocycles. The number of carbonyl (C=O) groups excluding carboxylic acids is 1. The summed E-state index contributed by atoms with van der Waals surface area (Å²) in [7, 11) is -3.51. The van der Waals surface area contributed by atoms with E-state index in [1.54, 1.807) is 19.9 Å². The predicted octanol–water partition coefficient (Wildman–Crippen LogP) is 2.23. The van der Waals surface area contributed by atoms with Crippen molar-refractivity contribution in [3.05, 3.63) is 29.3 Å². The minimum atomic E-state index is -3.51. The Labute approximate surface area is 118 Å². The zero-order valence-electron chi connectivity index (χ0n) is 11.5. The van der Waals surface area contributed by atoms with Crippen molar-refractivity contribution in [1.29, 1.82) is 0 Å². The Morgan fingerprint density at radius 3 is 2.40 bits per heavy atom. The van der Waals surface area contributed by atoms with Gasteiger partial charge in [-0.1, -0.05) is 18.6 Å². The molecule has 0 saturated heterocycles. The van der Waals surface area contributed by atoms with Crippen LogP contribution in [-0.4, -0.2) is 31.0 Å². The van der Waals surface area contributed by atoms with Crippen LogP contribution in [0.1, 0.15) is 42.1 Å². The fourth-order valence-corrected chi connectivity index (χ4v) is 3.41. The lowest BCUT2D eigenvalue weighted by Crippen LogP contribution is -2.13. The summed E-state index contributed by atoms with van der Waals surface area (Å²) in [6, 6.07) is 4.57. The van der Waals surface area contributed by atoms with E-state index < -0.39 is 21.6 Å². The highest BCUT2D eigenvalue weighted by Crippen LogP contribution is 2.21. The number of Topliss-reactive ketones (excluding diaryl/α,β-unsaturated/α-hetero) is 1. The maximum atomic E-state index is 12.1. The van der Waals surface area contributed by atoms with E-state index >= 15 is 0 Å². The first kappa shape index (κ1) is 16.4. The second-order valence-electron chi connectivity index (χ2n) is 4.64. The molecule has 0 atom stereocenters. The van der Waals surface area contributed by atoms with Gasteiger partial charge >= 0.3 is 5.97 Å². The van der Waals surface area contributed by atoms with Crippen LogP contribution < -0.4 is 0 Å². The molecule has 0 unspecified atom stereocenters. The van der Waals surface area contributed by atoms with Crippen LogP contribution >= 0.6 is 0 Å². The van der Waals surface area contributed by atoms with Gasteiger partial charge < -0.3 is 5.11 Å². The summed E-state index contributed by atoms with van der Waals surface area (Å²) in [5.41, 5.74) is 0.860. The molecule has 0 fully saturated rings. The quantitative estimate of drug-likeness (QED) is 0.780. The van der Waals surface area contributed by atoms with E-state index in [-0.39, 0.29) is 29.1 Å². The minimum Gasteiger partial charge on any atom is -0.481 e. The molecule has 1 aromatic rings. The summed E-state index contributed by atoms with van der Waals surface area (Å²) >= 11 is 0. The molecule has 20 heavy (non-hydrogen) atoms. The van der Waals surface area contributed by atoms with Crippen LogP contribution in [0.25, 0.3) is 0 Å². The van der Waals surface area contributed by atoms with Crippen molar-refractivity contribution < 1.29 is 23.1 Å². The lowest BCUT2D eigenvalue weighted by molar-refractivity contribution is -0.136.